The standard InChI is InChI=1S/C14H12N2O4/c17-9-20-8-11-2-4-16-13(6-11)12-5-10(1-3-15-12)7-14(18)19/h1-6,9H,7-8H2,(H,18,19). The average molecular weight is 272 g/mol. The molecule has 0 aliphatic heterocycles. The molecule has 6 heteroatoms. The molecular weight excluding hydrogens is 260 g/mol. The molecule has 0 bridgehead atoms. The summed E-state index contributed by atoms with van der Waals surface area (Å²) in [5.74, 6) is -0.900. The van der Waals surface area contributed by atoms with Crippen LogP contribution < -0.4 is 0 Å². The SMILES string of the molecule is O=COCc1ccnc(-c2cc(CC(=O)O)ccn2)c1. The highest BCUT2D eigenvalue weighted by molar-refractivity contribution is 5.71. The molecule has 2 rings (SSSR count). The van der Waals surface area contributed by atoms with Crippen molar-refractivity contribution in [2.45, 2.75) is 13.0 Å². The van der Waals surface area contributed by atoms with Crippen LogP contribution in [0, 0.1) is 0 Å². The van der Waals surface area contributed by atoms with E-state index in [1.807, 2.05) is 0 Å². The number of ether oxygens (including phenoxy) is 1. The molecule has 6 nitrogen and oxygen atoms in total. The van der Waals surface area contributed by atoms with E-state index in [9.17, 15) is 9.59 Å². The molecular formula is C14H12N2O4. The summed E-state index contributed by atoms with van der Waals surface area (Å²) in [7, 11) is 0. The molecule has 2 aromatic rings. The largest absolute Gasteiger partial charge is 0.481 e. The molecule has 0 aliphatic rings. The van der Waals surface area contributed by atoms with Crippen molar-refractivity contribution in [3.63, 3.8) is 0 Å². The lowest BCUT2D eigenvalue weighted by atomic mass is 10.1. The molecule has 20 heavy (non-hydrogen) atoms. The van der Waals surface area contributed by atoms with Gasteiger partial charge in [-0.2, -0.15) is 0 Å². The number of carbonyl (C=O) groups is 2. The number of carboxylic acid groups (broad SMARTS) is 1. The predicted octanol–water partition coefficient (Wildman–Crippen LogP) is 1.44. The number of aliphatic carboxylic acids is 1. The molecule has 1 N–H and O–H groups in total. The zero-order chi connectivity index (χ0) is 14.4. The number of carbonyl (C=O) groups excluding carboxylic acids is 1. The van der Waals surface area contributed by atoms with Crippen LogP contribution in [0.2, 0.25) is 0 Å². The first-order chi connectivity index (χ1) is 9.69. The van der Waals surface area contributed by atoms with Gasteiger partial charge in [0.1, 0.15) is 6.61 Å². The Hall–Kier alpha value is -2.76. The Bertz CT molecular complexity index is 628. The Morgan fingerprint density at radius 3 is 2.35 bits per heavy atom. The third-order valence-electron chi connectivity index (χ3n) is 2.58. The Balaban J connectivity index is 2.26. The molecule has 0 saturated heterocycles. The topological polar surface area (TPSA) is 89.4 Å². The summed E-state index contributed by atoms with van der Waals surface area (Å²) >= 11 is 0. The normalized spacial score (nSPS) is 10.0. The van der Waals surface area contributed by atoms with E-state index in [0.717, 1.165) is 5.56 Å². The van der Waals surface area contributed by atoms with Crippen molar-refractivity contribution in [1.29, 1.82) is 0 Å². The minimum Gasteiger partial charge on any atom is -0.481 e. The number of aromatic nitrogens is 2. The van der Waals surface area contributed by atoms with Gasteiger partial charge in [0, 0.05) is 12.4 Å². The molecule has 0 radical (unpaired) electrons. The fourth-order valence-corrected chi connectivity index (χ4v) is 1.73. The van der Waals surface area contributed by atoms with E-state index in [1.54, 1.807) is 36.7 Å². The molecule has 0 aromatic carbocycles. The third kappa shape index (κ3) is 3.61. The quantitative estimate of drug-likeness (QED) is 0.800. The molecule has 0 saturated carbocycles. The van der Waals surface area contributed by atoms with Crippen LogP contribution in [0.5, 0.6) is 0 Å². The van der Waals surface area contributed by atoms with E-state index in [2.05, 4.69) is 14.7 Å². The van der Waals surface area contributed by atoms with Gasteiger partial charge in [-0.1, -0.05) is 0 Å². The molecule has 2 heterocycles. The van der Waals surface area contributed by atoms with Crippen LogP contribution in [-0.2, 0) is 27.4 Å². The van der Waals surface area contributed by atoms with Crippen LogP contribution in [-0.4, -0.2) is 27.5 Å². The van der Waals surface area contributed by atoms with Crippen molar-refractivity contribution >= 4 is 12.4 Å². The maximum Gasteiger partial charge on any atom is 0.307 e. The summed E-state index contributed by atoms with van der Waals surface area (Å²) in [5.41, 5.74) is 2.62. The fraction of sp³-hybridized carbons (Fsp3) is 0.143. The van der Waals surface area contributed by atoms with Crippen LogP contribution >= 0.6 is 0 Å². The summed E-state index contributed by atoms with van der Waals surface area (Å²) in [5, 5.41) is 8.78. The van der Waals surface area contributed by atoms with E-state index in [4.69, 9.17) is 5.11 Å². The van der Waals surface area contributed by atoms with Crippen LogP contribution in [0.3, 0.4) is 0 Å². The number of nitrogens with zero attached hydrogens (tertiary/aromatic N) is 2. The zero-order valence-electron chi connectivity index (χ0n) is 10.5. The molecule has 0 unspecified atom stereocenters. The third-order valence-corrected chi connectivity index (χ3v) is 2.58. The van der Waals surface area contributed by atoms with Crippen molar-refractivity contribution in [2.75, 3.05) is 0 Å². The summed E-state index contributed by atoms with van der Waals surface area (Å²) in [6.07, 6.45) is 3.07. The lowest BCUT2D eigenvalue weighted by Gasteiger charge is -2.05. The molecule has 0 aliphatic carbocycles. The first-order valence-corrected chi connectivity index (χ1v) is 5.86. The lowest BCUT2D eigenvalue weighted by Crippen LogP contribution is -2.01. The van der Waals surface area contributed by atoms with Crippen molar-refractivity contribution < 1.29 is 19.4 Å². The number of hydrogen-bond donors (Lipinski definition) is 1. The Labute approximate surface area is 115 Å². The molecule has 0 spiro atoms. The summed E-state index contributed by atoms with van der Waals surface area (Å²) in [4.78, 5) is 29.2. The van der Waals surface area contributed by atoms with Gasteiger partial charge in [-0.05, 0) is 35.4 Å². The van der Waals surface area contributed by atoms with Gasteiger partial charge in [-0.25, -0.2) is 0 Å². The monoisotopic (exact) mass is 272 g/mol. The van der Waals surface area contributed by atoms with Gasteiger partial charge in [0.2, 0.25) is 0 Å². The van der Waals surface area contributed by atoms with E-state index < -0.39 is 5.97 Å². The average Bonchev–Trinajstić information content (AvgIpc) is 2.45. The van der Waals surface area contributed by atoms with Gasteiger partial charge < -0.3 is 9.84 Å². The highest BCUT2D eigenvalue weighted by atomic mass is 16.5. The lowest BCUT2D eigenvalue weighted by molar-refractivity contribution is -0.136. The summed E-state index contributed by atoms with van der Waals surface area (Å²) in [6, 6.07) is 6.81. The minimum absolute atomic E-state index is 0.0660. The van der Waals surface area contributed by atoms with Crippen molar-refractivity contribution in [1.82, 2.24) is 9.97 Å². The van der Waals surface area contributed by atoms with Crippen molar-refractivity contribution in [3.8, 4) is 11.4 Å². The van der Waals surface area contributed by atoms with Crippen LogP contribution in [0.15, 0.2) is 36.7 Å². The molecule has 0 amide bonds. The van der Waals surface area contributed by atoms with Crippen molar-refractivity contribution in [2.24, 2.45) is 0 Å². The molecule has 0 fully saturated rings. The smallest absolute Gasteiger partial charge is 0.307 e. The first kappa shape index (κ1) is 13.7. The summed E-state index contributed by atoms with van der Waals surface area (Å²) < 4.78 is 4.68. The first-order valence-electron chi connectivity index (χ1n) is 5.86. The van der Waals surface area contributed by atoms with Crippen LogP contribution in [0.4, 0.5) is 0 Å². The van der Waals surface area contributed by atoms with Crippen LogP contribution in [0.1, 0.15) is 11.1 Å². The number of rotatable bonds is 6. The number of hydrogen-bond acceptors (Lipinski definition) is 5. The maximum atomic E-state index is 10.7. The van der Waals surface area contributed by atoms with Crippen LogP contribution in [0.25, 0.3) is 11.4 Å². The molecule has 0 atom stereocenters. The van der Waals surface area contributed by atoms with Crippen molar-refractivity contribution in [3.05, 3.63) is 47.8 Å². The second-order valence-corrected chi connectivity index (χ2v) is 4.08. The zero-order valence-corrected chi connectivity index (χ0v) is 10.5. The van der Waals surface area contributed by atoms with Gasteiger partial charge >= 0.3 is 5.97 Å². The Morgan fingerprint density at radius 2 is 1.75 bits per heavy atom. The van der Waals surface area contributed by atoms with E-state index in [-0.39, 0.29) is 13.0 Å². The van der Waals surface area contributed by atoms with E-state index in [0.29, 0.717) is 23.4 Å². The van der Waals surface area contributed by atoms with Gasteiger partial charge in [0.15, 0.2) is 0 Å². The number of pyridine rings is 2. The Kier molecular flexibility index (Phi) is 4.39. The molecule has 102 valence electrons. The van der Waals surface area contributed by atoms with Gasteiger partial charge in [0.25, 0.3) is 6.47 Å². The summed E-state index contributed by atoms with van der Waals surface area (Å²) in [6.45, 7) is 0.541. The second-order valence-electron chi connectivity index (χ2n) is 4.08. The van der Waals surface area contributed by atoms with Gasteiger partial charge in [-0.15, -0.1) is 0 Å². The van der Waals surface area contributed by atoms with E-state index >= 15 is 0 Å². The fourth-order valence-electron chi connectivity index (χ4n) is 1.73. The highest BCUT2D eigenvalue weighted by Gasteiger charge is 2.06. The second kappa shape index (κ2) is 6.42. The van der Waals surface area contributed by atoms with E-state index in [1.165, 1.54) is 0 Å². The van der Waals surface area contributed by atoms with Gasteiger partial charge in [0.05, 0.1) is 17.8 Å². The number of carboxylic acids is 1. The Morgan fingerprint density at radius 1 is 1.15 bits per heavy atom. The highest BCUT2D eigenvalue weighted by Crippen LogP contribution is 2.17. The maximum absolute atomic E-state index is 10.7. The minimum atomic E-state index is -0.900. The molecule has 2 aromatic heterocycles. The van der Waals surface area contributed by atoms with Gasteiger partial charge in [-0.3, -0.25) is 19.6 Å². The predicted molar refractivity (Wildman–Crippen MR) is 69.7 cm³/mol.